The third-order valence-electron chi connectivity index (χ3n) is 4.18. The molecule has 2 aliphatic rings. The first kappa shape index (κ1) is 12.2. The maximum absolute atomic E-state index is 5.38. The molecule has 1 fully saturated rings. The van der Waals surface area contributed by atoms with Gasteiger partial charge in [0.1, 0.15) is 5.82 Å². The van der Waals surface area contributed by atoms with Crippen LogP contribution in [-0.4, -0.2) is 47.3 Å². The molecule has 1 atom stereocenters. The standard InChI is InChI=1S/C14H23N3O/c1-12-2-5-17-13(10-12)11-15-14(17)3-4-16-6-8-18-9-7-16/h11-12H,2-10H2,1H3. The van der Waals surface area contributed by atoms with E-state index in [2.05, 4.69) is 27.6 Å². The monoisotopic (exact) mass is 249 g/mol. The van der Waals surface area contributed by atoms with E-state index in [1.807, 2.05) is 0 Å². The minimum Gasteiger partial charge on any atom is -0.379 e. The van der Waals surface area contributed by atoms with Gasteiger partial charge < -0.3 is 9.30 Å². The van der Waals surface area contributed by atoms with E-state index in [1.165, 1.54) is 24.4 Å². The van der Waals surface area contributed by atoms with E-state index >= 15 is 0 Å². The predicted octanol–water partition coefficient (Wildman–Crippen LogP) is 1.34. The van der Waals surface area contributed by atoms with E-state index < -0.39 is 0 Å². The molecule has 0 N–H and O–H groups in total. The Balaban J connectivity index is 1.59. The van der Waals surface area contributed by atoms with Crippen molar-refractivity contribution in [3.8, 4) is 0 Å². The number of hydrogen-bond acceptors (Lipinski definition) is 3. The summed E-state index contributed by atoms with van der Waals surface area (Å²) in [6.45, 7) is 8.54. The summed E-state index contributed by atoms with van der Waals surface area (Å²) >= 11 is 0. The van der Waals surface area contributed by atoms with Gasteiger partial charge in [0.15, 0.2) is 0 Å². The molecule has 0 radical (unpaired) electrons. The van der Waals surface area contributed by atoms with Gasteiger partial charge in [-0.05, 0) is 18.8 Å². The lowest BCUT2D eigenvalue weighted by molar-refractivity contribution is 0.0381. The third kappa shape index (κ3) is 2.59. The van der Waals surface area contributed by atoms with Crippen LogP contribution in [0.5, 0.6) is 0 Å². The summed E-state index contributed by atoms with van der Waals surface area (Å²) in [5.41, 5.74) is 1.44. The quantitative estimate of drug-likeness (QED) is 0.810. The SMILES string of the molecule is CC1CCn2c(cnc2CCN2CCOCC2)C1. The molecule has 4 nitrogen and oxygen atoms in total. The Morgan fingerprint density at radius 3 is 3.00 bits per heavy atom. The molecule has 3 heterocycles. The van der Waals surface area contributed by atoms with Gasteiger partial charge in [0.2, 0.25) is 0 Å². The number of imidazole rings is 1. The van der Waals surface area contributed by atoms with Crippen molar-refractivity contribution in [3.63, 3.8) is 0 Å². The van der Waals surface area contributed by atoms with Gasteiger partial charge in [-0.3, -0.25) is 4.90 Å². The number of morpholine rings is 1. The number of rotatable bonds is 3. The lowest BCUT2D eigenvalue weighted by Crippen LogP contribution is -2.37. The second kappa shape index (κ2) is 5.41. The van der Waals surface area contributed by atoms with Gasteiger partial charge in [-0.2, -0.15) is 0 Å². The van der Waals surface area contributed by atoms with Crippen molar-refractivity contribution in [1.82, 2.24) is 14.5 Å². The molecular formula is C14H23N3O. The van der Waals surface area contributed by atoms with Crippen molar-refractivity contribution in [2.45, 2.75) is 32.7 Å². The lowest BCUT2D eigenvalue weighted by Gasteiger charge is -2.27. The van der Waals surface area contributed by atoms with Crippen LogP contribution in [-0.2, 0) is 24.1 Å². The van der Waals surface area contributed by atoms with Crippen LogP contribution in [0.15, 0.2) is 6.20 Å². The molecule has 1 unspecified atom stereocenters. The highest BCUT2D eigenvalue weighted by molar-refractivity contribution is 5.09. The molecular weight excluding hydrogens is 226 g/mol. The first-order valence-corrected chi connectivity index (χ1v) is 7.16. The molecule has 0 amide bonds. The number of hydrogen-bond donors (Lipinski definition) is 0. The molecule has 3 rings (SSSR count). The zero-order valence-corrected chi connectivity index (χ0v) is 11.3. The summed E-state index contributed by atoms with van der Waals surface area (Å²) in [7, 11) is 0. The van der Waals surface area contributed by atoms with Crippen LogP contribution in [0.3, 0.4) is 0 Å². The molecule has 4 heteroatoms. The second-order valence-corrected chi connectivity index (χ2v) is 5.62. The summed E-state index contributed by atoms with van der Waals surface area (Å²) in [6.07, 6.45) is 5.66. The first-order valence-electron chi connectivity index (χ1n) is 7.16. The van der Waals surface area contributed by atoms with Crippen molar-refractivity contribution in [2.24, 2.45) is 5.92 Å². The van der Waals surface area contributed by atoms with E-state index in [9.17, 15) is 0 Å². The van der Waals surface area contributed by atoms with Crippen LogP contribution in [0, 0.1) is 5.92 Å². The lowest BCUT2D eigenvalue weighted by atomic mass is 9.98. The van der Waals surface area contributed by atoms with Gasteiger partial charge in [0.25, 0.3) is 0 Å². The maximum atomic E-state index is 5.38. The largest absolute Gasteiger partial charge is 0.379 e. The van der Waals surface area contributed by atoms with E-state index in [-0.39, 0.29) is 0 Å². The summed E-state index contributed by atoms with van der Waals surface area (Å²) < 4.78 is 7.82. The Hall–Kier alpha value is -0.870. The van der Waals surface area contributed by atoms with Crippen LogP contribution in [0.2, 0.25) is 0 Å². The molecule has 0 saturated carbocycles. The molecule has 1 saturated heterocycles. The first-order chi connectivity index (χ1) is 8.83. The fourth-order valence-corrected chi connectivity index (χ4v) is 2.98. The number of aromatic nitrogens is 2. The van der Waals surface area contributed by atoms with Crippen LogP contribution < -0.4 is 0 Å². The summed E-state index contributed by atoms with van der Waals surface area (Å²) in [6, 6.07) is 0. The molecule has 0 aromatic carbocycles. The Bertz CT molecular complexity index is 396. The van der Waals surface area contributed by atoms with Crippen molar-refractivity contribution in [2.75, 3.05) is 32.8 Å². The highest BCUT2D eigenvalue weighted by Gasteiger charge is 2.19. The summed E-state index contributed by atoms with van der Waals surface area (Å²) in [5, 5.41) is 0. The predicted molar refractivity (Wildman–Crippen MR) is 70.7 cm³/mol. The van der Waals surface area contributed by atoms with Crippen molar-refractivity contribution < 1.29 is 4.74 Å². The van der Waals surface area contributed by atoms with Crippen LogP contribution in [0.4, 0.5) is 0 Å². The van der Waals surface area contributed by atoms with Gasteiger partial charge in [0, 0.05) is 44.5 Å². The highest BCUT2D eigenvalue weighted by Crippen LogP contribution is 2.21. The number of fused-ring (bicyclic) bond motifs is 1. The number of nitrogens with zero attached hydrogens (tertiary/aromatic N) is 3. The minimum absolute atomic E-state index is 0.821. The smallest absolute Gasteiger partial charge is 0.110 e. The van der Waals surface area contributed by atoms with Gasteiger partial charge in [0.05, 0.1) is 13.2 Å². The van der Waals surface area contributed by atoms with E-state index in [4.69, 9.17) is 4.74 Å². The third-order valence-corrected chi connectivity index (χ3v) is 4.18. The summed E-state index contributed by atoms with van der Waals surface area (Å²) in [4.78, 5) is 7.10. The fourth-order valence-electron chi connectivity index (χ4n) is 2.98. The summed E-state index contributed by atoms with van der Waals surface area (Å²) in [5.74, 6) is 2.10. The van der Waals surface area contributed by atoms with Crippen molar-refractivity contribution in [1.29, 1.82) is 0 Å². The maximum Gasteiger partial charge on any atom is 0.110 e. The molecule has 1 aromatic heterocycles. The average molecular weight is 249 g/mol. The van der Waals surface area contributed by atoms with E-state index in [1.54, 1.807) is 0 Å². The second-order valence-electron chi connectivity index (χ2n) is 5.62. The molecule has 100 valence electrons. The Labute approximate surface area is 109 Å². The fraction of sp³-hybridized carbons (Fsp3) is 0.786. The van der Waals surface area contributed by atoms with Crippen LogP contribution in [0.25, 0.3) is 0 Å². The van der Waals surface area contributed by atoms with Crippen molar-refractivity contribution >= 4 is 0 Å². The van der Waals surface area contributed by atoms with Gasteiger partial charge in [-0.1, -0.05) is 6.92 Å². The molecule has 2 aliphatic heterocycles. The molecule has 1 aromatic rings. The highest BCUT2D eigenvalue weighted by atomic mass is 16.5. The van der Waals surface area contributed by atoms with Crippen LogP contribution in [0.1, 0.15) is 24.9 Å². The average Bonchev–Trinajstić information content (AvgIpc) is 2.80. The zero-order valence-electron chi connectivity index (χ0n) is 11.3. The van der Waals surface area contributed by atoms with Crippen molar-refractivity contribution in [3.05, 3.63) is 17.7 Å². The van der Waals surface area contributed by atoms with E-state index in [0.29, 0.717) is 0 Å². The topological polar surface area (TPSA) is 30.3 Å². The normalized spacial score (nSPS) is 25.1. The van der Waals surface area contributed by atoms with Gasteiger partial charge in [-0.15, -0.1) is 0 Å². The minimum atomic E-state index is 0.821. The van der Waals surface area contributed by atoms with E-state index in [0.717, 1.165) is 51.7 Å². The number of ether oxygens (including phenoxy) is 1. The molecule has 0 spiro atoms. The van der Waals surface area contributed by atoms with Gasteiger partial charge >= 0.3 is 0 Å². The Morgan fingerprint density at radius 2 is 2.17 bits per heavy atom. The Morgan fingerprint density at radius 1 is 1.33 bits per heavy atom. The Kier molecular flexibility index (Phi) is 3.66. The van der Waals surface area contributed by atoms with Gasteiger partial charge in [-0.25, -0.2) is 4.98 Å². The van der Waals surface area contributed by atoms with Crippen LogP contribution >= 0.6 is 0 Å². The zero-order chi connectivity index (χ0) is 12.4. The molecule has 0 bridgehead atoms. The molecule has 0 aliphatic carbocycles. The molecule has 18 heavy (non-hydrogen) atoms.